The number of ether oxygens (including phenoxy) is 1. The summed E-state index contributed by atoms with van der Waals surface area (Å²) in [5.41, 5.74) is 9.77. The standard InChI is InChI=1S/C48H45NO2/c1-31-13-7-9-21-45(31)50-47-30-40(23-24-41(47)37-27-35-26-33(3)36(28-37)25-32(35)2)49(38-15-5-4-6-16-38)39-17-11-14-34(29-39)42-19-12-20-44-43-18-8-10-22-46(43)51-48(42)44/h4-24,29-30,32-33,35-37H,25-28H2,1-3H3/t32-,33-,35?,36?,37?/m1/s1. The van der Waals surface area contributed by atoms with E-state index in [0.29, 0.717) is 5.92 Å². The average molecular weight is 668 g/mol. The number of hydrogen-bond donors (Lipinski definition) is 0. The number of para-hydroxylation sites is 4. The van der Waals surface area contributed by atoms with E-state index in [4.69, 9.17) is 9.15 Å². The van der Waals surface area contributed by atoms with E-state index in [9.17, 15) is 0 Å². The molecule has 3 nitrogen and oxygen atoms in total. The van der Waals surface area contributed by atoms with Crippen molar-refractivity contribution < 1.29 is 9.15 Å². The number of rotatable bonds is 7. The smallest absolute Gasteiger partial charge is 0.143 e. The highest BCUT2D eigenvalue weighted by atomic mass is 16.5. The molecule has 0 aliphatic heterocycles. The molecule has 3 heteroatoms. The van der Waals surface area contributed by atoms with E-state index in [1.165, 1.54) is 31.2 Å². The number of nitrogens with zero attached hydrogens (tertiary/aromatic N) is 1. The van der Waals surface area contributed by atoms with Crippen LogP contribution in [0.1, 0.15) is 56.6 Å². The maximum absolute atomic E-state index is 6.97. The molecule has 0 N–H and O–H groups in total. The second-order valence-electron chi connectivity index (χ2n) is 15.2. The lowest BCUT2D eigenvalue weighted by atomic mass is 9.71. The number of hydrogen-bond acceptors (Lipinski definition) is 3. The van der Waals surface area contributed by atoms with Crippen molar-refractivity contribution >= 4 is 39.0 Å². The third kappa shape index (κ3) is 5.89. The van der Waals surface area contributed by atoms with Gasteiger partial charge in [0.25, 0.3) is 0 Å². The topological polar surface area (TPSA) is 25.6 Å². The number of fused-ring (bicyclic) bond motifs is 7. The average Bonchev–Trinajstić information content (AvgIpc) is 3.36. The van der Waals surface area contributed by atoms with Crippen LogP contribution >= 0.6 is 0 Å². The molecule has 10 rings (SSSR count). The SMILES string of the molecule is Cc1ccccc1Oc1cc(N(c2ccccc2)c2cccc(-c3cccc4c3oc3ccccc34)c2)ccc1C1CC2C[C@@H](C)C(C1)C[C@H]2C. The predicted molar refractivity (Wildman–Crippen MR) is 212 cm³/mol. The van der Waals surface area contributed by atoms with E-state index in [0.717, 1.165) is 90.9 Å². The molecule has 0 radical (unpaired) electrons. The molecule has 1 heterocycles. The zero-order chi connectivity index (χ0) is 34.5. The van der Waals surface area contributed by atoms with Gasteiger partial charge in [-0.3, -0.25) is 0 Å². The predicted octanol–water partition coefficient (Wildman–Crippen LogP) is 14.0. The Hall–Kier alpha value is -5.28. The van der Waals surface area contributed by atoms with E-state index in [1.807, 2.05) is 12.1 Å². The number of anilines is 3. The van der Waals surface area contributed by atoms with Gasteiger partial charge in [-0.15, -0.1) is 0 Å². The molecule has 0 saturated heterocycles. The minimum atomic E-state index is 0.487. The van der Waals surface area contributed by atoms with Crippen molar-refractivity contribution in [1.82, 2.24) is 0 Å². The van der Waals surface area contributed by atoms with Crippen LogP contribution in [-0.4, -0.2) is 0 Å². The Bertz CT molecular complexity index is 2320. The summed E-state index contributed by atoms with van der Waals surface area (Å²) in [6.45, 7) is 7.11. The Kier molecular flexibility index (Phi) is 8.15. The summed E-state index contributed by atoms with van der Waals surface area (Å²) < 4.78 is 13.4. The summed E-state index contributed by atoms with van der Waals surface area (Å²) >= 11 is 0. The summed E-state index contributed by atoms with van der Waals surface area (Å²) in [6, 6.07) is 49.7. The summed E-state index contributed by atoms with van der Waals surface area (Å²) in [7, 11) is 0. The van der Waals surface area contributed by atoms with Gasteiger partial charge in [0.05, 0.1) is 0 Å². The first-order valence-corrected chi connectivity index (χ1v) is 18.7. The van der Waals surface area contributed by atoms with E-state index in [2.05, 4.69) is 153 Å². The third-order valence-corrected chi connectivity index (χ3v) is 12.0. The van der Waals surface area contributed by atoms with Crippen LogP contribution in [0, 0.1) is 30.6 Å². The normalized spacial score (nSPS) is 21.5. The highest BCUT2D eigenvalue weighted by Crippen LogP contribution is 2.53. The van der Waals surface area contributed by atoms with Crippen LogP contribution in [0.25, 0.3) is 33.1 Å². The summed E-state index contributed by atoms with van der Waals surface area (Å²) in [5.74, 6) is 5.51. The zero-order valence-electron chi connectivity index (χ0n) is 29.8. The Morgan fingerprint density at radius 3 is 2.04 bits per heavy atom. The molecule has 6 aromatic carbocycles. The van der Waals surface area contributed by atoms with Gasteiger partial charge in [-0.1, -0.05) is 105 Å². The molecule has 3 aliphatic carbocycles. The molecule has 4 atom stereocenters. The van der Waals surface area contributed by atoms with E-state index >= 15 is 0 Å². The van der Waals surface area contributed by atoms with Gasteiger partial charge >= 0.3 is 0 Å². The number of furan rings is 1. The van der Waals surface area contributed by atoms with Gasteiger partial charge in [-0.05, 0) is 121 Å². The monoisotopic (exact) mass is 667 g/mol. The van der Waals surface area contributed by atoms with Crippen molar-refractivity contribution in [2.45, 2.75) is 52.4 Å². The van der Waals surface area contributed by atoms with Gasteiger partial charge in [0, 0.05) is 39.5 Å². The zero-order valence-corrected chi connectivity index (χ0v) is 29.8. The van der Waals surface area contributed by atoms with Gasteiger partial charge in [0.2, 0.25) is 0 Å². The lowest BCUT2D eigenvalue weighted by Gasteiger charge is -2.34. The first-order valence-electron chi connectivity index (χ1n) is 18.7. The fraction of sp³-hybridized carbons (Fsp3) is 0.250. The Balaban J connectivity index is 1.17. The fourth-order valence-electron chi connectivity index (χ4n) is 9.23. The van der Waals surface area contributed by atoms with Crippen molar-refractivity contribution in [2.24, 2.45) is 23.7 Å². The second-order valence-corrected chi connectivity index (χ2v) is 15.2. The van der Waals surface area contributed by atoms with Crippen LogP contribution in [0.5, 0.6) is 11.5 Å². The molecule has 7 aromatic rings. The van der Waals surface area contributed by atoms with Crippen LogP contribution < -0.4 is 9.64 Å². The molecule has 3 fully saturated rings. The first kappa shape index (κ1) is 31.7. The van der Waals surface area contributed by atoms with Crippen LogP contribution in [0.15, 0.2) is 144 Å². The van der Waals surface area contributed by atoms with Crippen LogP contribution in [0.2, 0.25) is 0 Å². The first-order chi connectivity index (χ1) is 25.0. The molecule has 3 saturated carbocycles. The van der Waals surface area contributed by atoms with Gasteiger partial charge in [-0.2, -0.15) is 0 Å². The van der Waals surface area contributed by atoms with Crippen molar-refractivity contribution in [2.75, 3.05) is 4.90 Å². The highest BCUT2D eigenvalue weighted by molar-refractivity contribution is 6.09. The second kappa shape index (κ2) is 13.1. The largest absolute Gasteiger partial charge is 0.457 e. The minimum absolute atomic E-state index is 0.487. The lowest BCUT2D eigenvalue weighted by molar-refractivity contribution is 0.157. The quantitative estimate of drug-likeness (QED) is 0.169. The van der Waals surface area contributed by atoms with Crippen molar-refractivity contribution in [1.29, 1.82) is 0 Å². The molecule has 1 aromatic heterocycles. The molecule has 0 spiro atoms. The minimum Gasteiger partial charge on any atom is -0.457 e. The molecule has 0 amide bonds. The molecule has 2 bridgehead atoms. The summed E-state index contributed by atoms with van der Waals surface area (Å²) in [5, 5.41) is 2.28. The number of aryl methyl sites for hydroxylation is 1. The van der Waals surface area contributed by atoms with Gasteiger partial charge in [0.15, 0.2) is 0 Å². The third-order valence-electron chi connectivity index (χ3n) is 12.0. The van der Waals surface area contributed by atoms with Crippen molar-refractivity contribution in [3.05, 3.63) is 151 Å². The van der Waals surface area contributed by atoms with Crippen LogP contribution in [0.4, 0.5) is 17.1 Å². The molecule has 51 heavy (non-hydrogen) atoms. The van der Waals surface area contributed by atoms with Crippen molar-refractivity contribution in [3.8, 4) is 22.6 Å². The van der Waals surface area contributed by atoms with E-state index in [-0.39, 0.29) is 0 Å². The van der Waals surface area contributed by atoms with Gasteiger partial charge in [-0.25, -0.2) is 0 Å². The highest BCUT2D eigenvalue weighted by Gasteiger charge is 2.40. The fourth-order valence-corrected chi connectivity index (χ4v) is 9.23. The molecular weight excluding hydrogens is 623 g/mol. The molecule has 254 valence electrons. The maximum Gasteiger partial charge on any atom is 0.143 e. The van der Waals surface area contributed by atoms with Crippen LogP contribution in [-0.2, 0) is 0 Å². The maximum atomic E-state index is 6.97. The van der Waals surface area contributed by atoms with Crippen molar-refractivity contribution in [3.63, 3.8) is 0 Å². The Labute approximate surface area is 301 Å². The van der Waals surface area contributed by atoms with E-state index < -0.39 is 0 Å². The summed E-state index contributed by atoms with van der Waals surface area (Å²) in [6.07, 6.45) is 5.19. The molecular formula is C48H45NO2. The van der Waals surface area contributed by atoms with Gasteiger partial charge in [0.1, 0.15) is 22.7 Å². The Morgan fingerprint density at radius 2 is 1.24 bits per heavy atom. The Morgan fingerprint density at radius 1 is 0.569 bits per heavy atom. The van der Waals surface area contributed by atoms with Gasteiger partial charge < -0.3 is 14.1 Å². The van der Waals surface area contributed by atoms with E-state index in [1.54, 1.807) is 0 Å². The van der Waals surface area contributed by atoms with Crippen LogP contribution in [0.3, 0.4) is 0 Å². The molecule has 3 aliphatic rings. The molecule has 2 unspecified atom stereocenters. The lowest BCUT2D eigenvalue weighted by Crippen LogP contribution is -2.25. The summed E-state index contributed by atoms with van der Waals surface area (Å²) in [4.78, 5) is 2.36. The number of benzene rings is 6.